The summed E-state index contributed by atoms with van der Waals surface area (Å²) in [5.41, 5.74) is 6.11. The van der Waals surface area contributed by atoms with Crippen molar-refractivity contribution in [3.05, 3.63) is 53.6 Å². The highest BCUT2D eigenvalue weighted by Crippen LogP contribution is 2.24. The number of methoxy groups -OCH3 is 2. The predicted molar refractivity (Wildman–Crippen MR) is 89.8 cm³/mol. The monoisotopic (exact) mass is 345 g/mol. The van der Waals surface area contributed by atoms with Crippen molar-refractivity contribution in [1.29, 1.82) is 0 Å². The molecule has 2 aromatic rings. The van der Waals surface area contributed by atoms with E-state index in [4.69, 9.17) is 24.7 Å². The van der Waals surface area contributed by atoms with Crippen LogP contribution in [0.4, 0.5) is 0 Å². The van der Waals surface area contributed by atoms with Gasteiger partial charge in [-0.3, -0.25) is 4.79 Å². The molecule has 0 radical (unpaired) electrons. The summed E-state index contributed by atoms with van der Waals surface area (Å²) >= 11 is 0. The first-order chi connectivity index (χ1) is 12.0. The van der Waals surface area contributed by atoms with E-state index in [0.29, 0.717) is 17.1 Å². The van der Waals surface area contributed by atoms with E-state index in [-0.39, 0.29) is 24.5 Å². The Morgan fingerprint density at radius 2 is 1.76 bits per heavy atom. The van der Waals surface area contributed by atoms with Crippen molar-refractivity contribution in [3.63, 3.8) is 0 Å². The Balaban J connectivity index is 1.95. The van der Waals surface area contributed by atoms with E-state index >= 15 is 0 Å². The molecule has 0 heterocycles. The highest BCUT2D eigenvalue weighted by molar-refractivity contribution is 5.95. The fraction of sp³-hybridized carbons (Fsp3) is 0.222. The van der Waals surface area contributed by atoms with Crippen molar-refractivity contribution in [2.24, 2.45) is 5.73 Å². The molecule has 7 heteroatoms. The van der Waals surface area contributed by atoms with Gasteiger partial charge in [0.05, 0.1) is 19.8 Å². The zero-order valence-electron chi connectivity index (χ0n) is 14.0. The minimum atomic E-state index is -0.634. The van der Waals surface area contributed by atoms with Crippen LogP contribution in [0.5, 0.6) is 17.2 Å². The number of nitrogens with two attached hydrogens (primary N) is 1. The van der Waals surface area contributed by atoms with Crippen molar-refractivity contribution in [2.45, 2.75) is 6.61 Å². The Kier molecular flexibility index (Phi) is 6.22. The molecule has 0 aliphatic heterocycles. The third-order valence-corrected chi connectivity index (χ3v) is 3.37. The largest absolute Gasteiger partial charge is 0.497 e. The molecular weight excluding hydrogens is 326 g/mol. The van der Waals surface area contributed by atoms with Crippen molar-refractivity contribution < 1.29 is 28.5 Å². The molecule has 1 amide bonds. The Hall–Kier alpha value is -3.22. The zero-order chi connectivity index (χ0) is 18.2. The van der Waals surface area contributed by atoms with Crippen LogP contribution in [-0.2, 0) is 16.1 Å². The van der Waals surface area contributed by atoms with Crippen LogP contribution in [0.2, 0.25) is 0 Å². The number of primary amides is 1. The highest BCUT2D eigenvalue weighted by Gasteiger charge is 2.12. The Bertz CT molecular complexity index is 759. The Morgan fingerprint density at radius 1 is 1.00 bits per heavy atom. The summed E-state index contributed by atoms with van der Waals surface area (Å²) in [6.07, 6.45) is 0. The lowest BCUT2D eigenvalue weighted by Gasteiger charge is -2.12. The molecule has 2 aromatic carbocycles. The lowest BCUT2D eigenvalue weighted by atomic mass is 10.2. The fourth-order valence-corrected chi connectivity index (χ4v) is 2.13. The van der Waals surface area contributed by atoms with Crippen molar-refractivity contribution in [3.8, 4) is 17.2 Å². The number of carbonyl (C=O) groups is 2. The van der Waals surface area contributed by atoms with Gasteiger partial charge >= 0.3 is 5.97 Å². The smallest absolute Gasteiger partial charge is 0.344 e. The van der Waals surface area contributed by atoms with Crippen LogP contribution in [0.3, 0.4) is 0 Å². The standard InChI is InChI=1S/C18H19NO6/c1-22-13-7-8-15(23-2)12(9-13)10-25-17(20)11-24-16-6-4-3-5-14(16)18(19)21/h3-9H,10-11H2,1-2H3,(H2,19,21). The number of hydrogen-bond acceptors (Lipinski definition) is 6. The molecule has 0 atom stereocenters. The molecule has 2 N–H and O–H groups in total. The van der Waals surface area contributed by atoms with Crippen molar-refractivity contribution in [2.75, 3.05) is 20.8 Å². The van der Waals surface area contributed by atoms with E-state index in [1.54, 1.807) is 43.5 Å². The maximum absolute atomic E-state index is 11.9. The van der Waals surface area contributed by atoms with Gasteiger partial charge in [0, 0.05) is 5.56 Å². The number of benzene rings is 2. The first kappa shape index (κ1) is 18.1. The zero-order valence-corrected chi connectivity index (χ0v) is 14.0. The van der Waals surface area contributed by atoms with Gasteiger partial charge in [0.15, 0.2) is 6.61 Å². The van der Waals surface area contributed by atoms with Crippen LogP contribution in [0.25, 0.3) is 0 Å². The number of hydrogen-bond donors (Lipinski definition) is 1. The molecular formula is C18H19NO6. The second kappa shape index (κ2) is 8.58. The number of ether oxygens (including phenoxy) is 4. The van der Waals surface area contributed by atoms with E-state index in [1.165, 1.54) is 13.2 Å². The summed E-state index contributed by atoms with van der Waals surface area (Å²) in [6.45, 7) is -0.351. The Morgan fingerprint density at radius 3 is 2.44 bits per heavy atom. The van der Waals surface area contributed by atoms with Gasteiger partial charge in [-0.05, 0) is 30.3 Å². The van der Waals surface area contributed by atoms with E-state index in [9.17, 15) is 9.59 Å². The van der Waals surface area contributed by atoms with Crippen LogP contribution in [0.15, 0.2) is 42.5 Å². The van der Waals surface area contributed by atoms with Gasteiger partial charge in [0.2, 0.25) is 0 Å². The van der Waals surface area contributed by atoms with Gasteiger partial charge in [-0.2, -0.15) is 0 Å². The van der Waals surface area contributed by atoms with Gasteiger partial charge < -0.3 is 24.7 Å². The molecule has 132 valence electrons. The molecule has 0 saturated heterocycles. The maximum Gasteiger partial charge on any atom is 0.344 e. The third kappa shape index (κ3) is 4.87. The van der Waals surface area contributed by atoms with Crippen LogP contribution >= 0.6 is 0 Å². The van der Waals surface area contributed by atoms with Gasteiger partial charge in [0.25, 0.3) is 5.91 Å². The molecule has 7 nitrogen and oxygen atoms in total. The van der Waals surface area contributed by atoms with Crippen molar-refractivity contribution >= 4 is 11.9 Å². The van der Waals surface area contributed by atoms with Gasteiger partial charge in [-0.25, -0.2) is 4.79 Å². The summed E-state index contributed by atoms with van der Waals surface area (Å²) in [6, 6.07) is 11.6. The second-order valence-electron chi connectivity index (χ2n) is 4.99. The predicted octanol–water partition coefficient (Wildman–Crippen LogP) is 1.92. The van der Waals surface area contributed by atoms with Crippen molar-refractivity contribution in [1.82, 2.24) is 0 Å². The number of amides is 1. The average molecular weight is 345 g/mol. The Labute approximate surface area is 145 Å². The molecule has 0 spiro atoms. The topological polar surface area (TPSA) is 97.1 Å². The molecule has 0 saturated carbocycles. The number of carbonyl (C=O) groups excluding carboxylic acids is 2. The third-order valence-electron chi connectivity index (χ3n) is 3.37. The minimum Gasteiger partial charge on any atom is -0.497 e. The van der Waals surface area contributed by atoms with Gasteiger partial charge in [-0.1, -0.05) is 12.1 Å². The molecule has 0 aromatic heterocycles. The van der Waals surface area contributed by atoms with E-state index in [2.05, 4.69) is 0 Å². The summed E-state index contributed by atoms with van der Waals surface area (Å²) in [4.78, 5) is 23.2. The van der Waals surface area contributed by atoms with E-state index < -0.39 is 11.9 Å². The van der Waals surface area contributed by atoms with Crippen LogP contribution in [-0.4, -0.2) is 32.7 Å². The fourth-order valence-electron chi connectivity index (χ4n) is 2.13. The van der Waals surface area contributed by atoms with E-state index in [1.807, 2.05) is 0 Å². The first-order valence-corrected chi connectivity index (χ1v) is 7.43. The average Bonchev–Trinajstić information content (AvgIpc) is 2.64. The quantitative estimate of drug-likeness (QED) is 0.734. The molecule has 0 aliphatic carbocycles. The summed E-state index contributed by atoms with van der Waals surface area (Å²) < 4.78 is 20.9. The van der Waals surface area contributed by atoms with E-state index in [0.717, 1.165) is 0 Å². The number of rotatable bonds is 8. The summed E-state index contributed by atoms with van der Waals surface area (Å²) in [5, 5.41) is 0. The lowest BCUT2D eigenvalue weighted by molar-refractivity contribution is -0.147. The highest BCUT2D eigenvalue weighted by atomic mass is 16.6. The summed E-state index contributed by atoms with van der Waals surface area (Å²) in [5.74, 6) is 0.201. The molecule has 25 heavy (non-hydrogen) atoms. The summed E-state index contributed by atoms with van der Waals surface area (Å²) in [7, 11) is 3.07. The first-order valence-electron chi connectivity index (χ1n) is 7.43. The van der Waals surface area contributed by atoms with Gasteiger partial charge in [0.1, 0.15) is 23.9 Å². The number of esters is 1. The second-order valence-corrected chi connectivity index (χ2v) is 4.99. The van der Waals surface area contributed by atoms with Crippen LogP contribution < -0.4 is 19.9 Å². The maximum atomic E-state index is 11.9. The van der Waals surface area contributed by atoms with Gasteiger partial charge in [-0.15, -0.1) is 0 Å². The molecule has 0 aliphatic rings. The molecule has 2 rings (SSSR count). The lowest BCUT2D eigenvalue weighted by Crippen LogP contribution is -2.18. The number of para-hydroxylation sites is 1. The SMILES string of the molecule is COc1ccc(OC)c(COC(=O)COc2ccccc2C(N)=O)c1. The molecule has 0 fully saturated rings. The molecule has 0 bridgehead atoms. The van der Waals surface area contributed by atoms with Crippen LogP contribution in [0.1, 0.15) is 15.9 Å². The minimum absolute atomic E-state index is 0.0000327. The van der Waals surface area contributed by atoms with Crippen LogP contribution in [0, 0.1) is 0 Å². The normalized spacial score (nSPS) is 10.0. The molecule has 0 unspecified atom stereocenters.